The SMILES string of the molecule is COc1ccc(NC(=O)N[C@@H](Oc2ccccc2O[C@H](NC(=O)Nc2ccc(OC)cc2)C(Cl)(Cl)Cl)C(Cl)(Cl)Cl)cc1. The number of hydrogen-bond acceptors (Lipinski definition) is 6. The zero-order chi connectivity index (χ0) is 30.9. The molecule has 2 atom stereocenters. The number of methoxy groups -OCH3 is 2. The third kappa shape index (κ3) is 10.4. The third-order valence-corrected chi connectivity index (χ3v) is 6.34. The molecule has 3 aromatic carbocycles. The predicted molar refractivity (Wildman–Crippen MR) is 166 cm³/mol. The molecule has 0 aliphatic rings. The van der Waals surface area contributed by atoms with E-state index in [1.807, 2.05) is 0 Å². The highest BCUT2D eigenvalue weighted by atomic mass is 35.6. The molecule has 226 valence electrons. The summed E-state index contributed by atoms with van der Waals surface area (Å²) in [5.74, 6) is 1.16. The molecule has 10 nitrogen and oxygen atoms in total. The number of alkyl halides is 6. The van der Waals surface area contributed by atoms with Crippen molar-refractivity contribution >= 4 is 93.0 Å². The van der Waals surface area contributed by atoms with Crippen LogP contribution in [-0.2, 0) is 0 Å². The van der Waals surface area contributed by atoms with Gasteiger partial charge < -0.3 is 29.6 Å². The predicted octanol–water partition coefficient (Wildman–Crippen LogP) is 7.50. The van der Waals surface area contributed by atoms with Crippen molar-refractivity contribution in [1.82, 2.24) is 10.6 Å². The fourth-order valence-electron chi connectivity index (χ4n) is 3.18. The van der Waals surface area contributed by atoms with Crippen LogP contribution in [0.2, 0.25) is 0 Å². The van der Waals surface area contributed by atoms with Gasteiger partial charge in [-0.2, -0.15) is 0 Å². The molecule has 0 spiro atoms. The van der Waals surface area contributed by atoms with Crippen molar-refractivity contribution in [2.24, 2.45) is 0 Å². The average Bonchev–Trinajstić information content (AvgIpc) is 2.93. The van der Waals surface area contributed by atoms with E-state index in [1.54, 1.807) is 60.7 Å². The topological polar surface area (TPSA) is 119 Å². The van der Waals surface area contributed by atoms with Gasteiger partial charge in [0.1, 0.15) is 11.5 Å². The van der Waals surface area contributed by atoms with Gasteiger partial charge in [-0.25, -0.2) is 9.59 Å². The van der Waals surface area contributed by atoms with Crippen molar-refractivity contribution in [2.75, 3.05) is 24.9 Å². The molecule has 0 saturated heterocycles. The molecule has 0 unspecified atom stereocenters. The normalized spacial score (nSPS) is 12.8. The van der Waals surface area contributed by atoms with Gasteiger partial charge in [-0.1, -0.05) is 81.7 Å². The van der Waals surface area contributed by atoms with Crippen LogP contribution in [0, 0.1) is 0 Å². The Balaban J connectivity index is 1.73. The quantitative estimate of drug-likeness (QED) is 0.129. The minimum Gasteiger partial charge on any atom is -0.497 e. The second kappa shape index (κ2) is 15.0. The van der Waals surface area contributed by atoms with E-state index in [2.05, 4.69) is 21.3 Å². The number of rotatable bonds is 10. The van der Waals surface area contributed by atoms with Gasteiger partial charge in [-0.3, -0.25) is 10.6 Å². The molecule has 0 aliphatic heterocycles. The number of para-hydroxylation sites is 2. The van der Waals surface area contributed by atoms with E-state index in [0.29, 0.717) is 22.9 Å². The molecule has 0 aromatic heterocycles. The lowest BCUT2D eigenvalue weighted by Crippen LogP contribution is -2.50. The lowest BCUT2D eigenvalue weighted by molar-refractivity contribution is 0.140. The zero-order valence-electron chi connectivity index (χ0n) is 21.8. The van der Waals surface area contributed by atoms with Gasteiger partial charge in [0.25, 0.3) is 0 Å². The second-order valence-electron chi connectivity index (χ2n) is 8.18. The minimum absolute atomic E-state index is 0.0183. The Kier molecular flexibility index (Phi) is 12.0. The highest BCUT2D eigenvalue weighted by molar-refractivity contribution is 6.68. The van der Waals surface area contributed by atoms with Crippen molar-refractivity contribution in [3.63, 3.8) is 0 Å². The minimum atomic E-state index is -2.14. The van der Waals surface area contributed by atoms with Gasteiger partial charge >= 0.3 is 12.1 Å². The fraction of sp³-hybridized carbons (Fsp3) is 0.231. The number of benzene rings is 3. The molecule has 3 aromatic rings. The second-order valence-corrected chi connectivity index (χ2v) is 12.9. The first-order valence-electron chi connectivity index (χ1n) is 11.8. The van der Waals surface area contributed by atoms with Gasteiger partial charge in [0.15, 0.2) is 11.5 Å². The molecule has 3 rings (SSSR count). The van der Waals surface area contributed by atoms with E-state index in [1.165, 1.54) is 26.4 Å². The number of nitrogens with one attached hydrogen (secondary N) is 4. The Labute approximate surface area is 271 Å². The largest absolute Gasteiger partial charge is 0.497 e. The number of carbonyl (C=O) groups excluding carboxylic acids is 2. The molecule has 0 fully saturated rings. The molecule has 42 heavy (non-hydrogen) atoms. The van der Waals surface area contributed by atoms with Crippen LogP contribution in [0.15, 0.2) is 72.8 Å². The van der Waals surface area contributed by atoms with E-state index in [0.717, 1.165) is 0 Å². The first-order chi connectivity index (χ1) is 19.8. The number of hydrogen-bond donors (Lipinski definition) is 4. The molecule has 16 heteroatoms. The van der Waals surface area contributed by atoms with Gasteiger partial charge in [-0.15, -0.1) is 0 Å². The van der Waals surface area contributed by atoms with Crippen LogP contribution in [-0.4, -0.2) is 46.3 Å². The van der Waals surface area contributed by atoms with Gasteiger partial charge in [0.2, 0.25) is 20.0 Å². The highest BCUT2D eigenvalue weighted by Crippen LogP contribution is 2.38. The Hall–Kier alpha value is -2.86. The van der Waals surface area contributed by atoms with E-state index < -0.39 is 32.1 Å². The lowest BCUT2D eigenvalue weighted by atomic mass is 10.3. The van der Waals surface area contributed by atoms with Crippen LogP contribution < -0.4 is 40.2 Å². The average molecular weight is 701 g/mol. The zero-order valence-corrected chi connectivity index (χ0v) is 26.3. The molecule has 4 amide bonds. The van der Waals surface area contributed by atoms with Gasteiger partial charge in [0, 0.05) is 11.4 Å². The fourth-order valence-corrected chi connectivity index (χ4v) is 3.77. The summed E-state index contributed by atoms with van der Waals surface area (Å²) < 4.78 is 17.5. The summed E-state index contributed by atoms with van der Waals surface area (Å²) in [6, 6.07) is 17.6. The van der Waals surface area contributed by atoms with E-state index >= 15 is 0 Å². The van der Waals surface area contributed by atoms with Gasteiger partial charge in [0.05, 0.1) is 14.2 Å². The molecule has 0 bridgehead atoms. The van der Waals surface area contributed by atoms with Crippen LogP contribution in [0.3, 0.4) is 0 Å². The summed E-state index contributed by atoms with van der Waals surface area (Å²) in [7, 11) is 3.03. The van der Waals surface area contributed by atoms with Crippen molar-refractivity contribution in [3.8, 4) is 23.0 Å². The van der Waals surface area contributed by atoms with Gasteiger partial charge in [-0.05, 0) is 60.7 Å². The van der Waals surface area contributed by atoms with Crippen molar-refractivity contribution in [2.45, 2.75) is 20.0 Å². The van der Waals surface area contributed by atoms with Crippen molar-refractivity contribution in [3.05, 3.63) is 72.8 Å². The molecular formula is C26H24Cl6N4O6. The summed E-state index contributed by atoms with van der Waals surface area (Å²) >= 11 is 36.6. The third-order valence-electron chi connectivity index (χ3n) is 5.15. The highest BCUT2D eigenvalue weighted by Gasteiger charge is 2.39. The summed E-state index contributed by atoms with van der Waals surface area (Å²) in [4.78, 5) is 25.3. The molecule has 0 radical (unpaired) electrons. The maximum Gasteiger partial charge on any atom is 0.322 e. The summed E-state index contributed by atoms with van der Waals surface area (Å²) in [5, 5.41) is 10.1. The first-order valence-corrected chi connectivity index (χ1v) is 14.0. The standard InChI is InChI=1S/C26H24Cl6N4O6/c1-39-17-11-7-15(8-12-17)33-23(37)35-21(25(27,28)29)41-19-5-3-4-6-20(19)42-22(26(30,31)32)36-24(38)34-16-9-13-18(40-2)14-10-16/h3-14,21-22H,1-2H3,(H2,33,35,37)(H2,34,36,38)/t21-,22-/m0/s1. The summed E-state index contributed by atoms with van der Waals surface area (Å²) in [6.07, 6.45) is -3.05. The van der Waals surface area contributed by atoms with Crippen LogP contribution in [0.1, 0.15) is 0 Å². The molecule has 0 heterocycles. The molecule has 0 aliphatic carbocycles. The first kappa shape index (κ1) is 33.6. The van der Waals surface area contributed by atoms with Crippen LogP contribution >= 0.6 is 69.6 Å². The van der Waals surface area contributed by atoms with Crippen LogP contribution in [0.4, 0.5) is 21.0 Å². The maximum atomic E-state index is 12.7. The lowest BCUT2D eigenvalue weighted by Gasteiger charge is -2.29. The number of carbonyl (C=O) groups is 2. The van der Waals surface area contributed by atoms with E-state index in [4.69, 9.17) is 88.6 Å². The molecule has 0 saturated carbocycles. The molecule has 4 N–H and O–H groups in total. The number of halogens is 6. The van der Waals surface area contributed by atoms with Crippen molar-refractivity contribution in [1.29, 1.82) is 0 Å². The summed E-state index contributed by atoms with van der Waals surface area (Å²) in [6.45, 7) is 0. The van der Waals surface area contributed by atoms with Crippen LogP contribution in [0.25, 0.3) is 0 Å². The van der Waals surface area contributed by atoms with E-state index in [9.17, 15) is 9.59 Å². The Bertz CT molecular complexity index is 1230. The Morgan fingerprint density at radius 3 is 1.21 bits per heavy atom. The number of ether oxygens (including phenoxy) is 4. The summed E-state index contributed by atoms with van der Waals surface area (Å²) in [5.41, 5.74) is 0.870. The number of urea groups is 2. The smallest absolute Gasteiger partial charge is 0.322 e. The van der Waals surface area contributed by atoms with Crippen LogP contribution in [0.5, 0.6) is 23.0 Å². The maximum absolute atomic E-state index is 12.7. The number of anilines is 2. The van der Waals surface area contributed by atoms with E-state index in [-0.39, 0.29) is 11.5 Å². The molecular weight excluding hydrogens is 677 g/mol. The van der Waals surface area contributed by atoms with Crippen molar-refractivity contribution < 1.29 is 28.5 Å². The number of amides is 4. The Morgan fingerprint density at radius 2 is 0.929 bits per heavy atom. The Morgan fingerprint density at radius 1 is 0.595 bits per heavy atom. The monoisotopic (exact) mass is 698 g/mol.